The summed E-state index contributed by atoms with van der Waals surface area (Å²) < 4.78 is 21.5. The van der Waals surface area contributed by atoms with E-state index >= 15 is 0 Å². The average Bonchev–Trinajstić information content (AvgIpc) is 3.20. The summed E-state index contributed by atoms with van der Waals surface area (Å²) in [6.45, 7) is 0.539. The van der Waals surface area contributed by atoms with Crippen LogP contribution in [0.25, 0.3) is 0 Å². The first-order valence-electron chi connectivity index (χ1n) is 7.98. The number of carbonyl (C=O) groups excluding carboxylic acids is 1. The summed E-state index contributed by atoms with van der Waals surface area (Å²) in [5.41, 5.74) is 0.788. The van der Waals surface area contributed by atoms with Crippen molar-refractivity contribution in [3.63, 3.8) is 0 Å². The molecular formula is C18H21NO6. The van der Waals surface area contributed by atoms with Crippen molar-refractivity contribution in [3.05, 3.63) is 47.9 Å². The predicted molar refractivity (Wildman–Crippen MR) is 88.9 cm³/mol. The lowest BCUT2D eigenvalue weighted by Gasteiger charge is -2.40. The van der Waals surface area contributed by atoms with Gasteiger partial charge in [-0.2, -0.15) is 0 Å². The number of rotatable bonds is 5. The summed E-state index contributed by atoms with van der Waals surface area (Å²) >= 11 is 0. The highest BCUT2D eigenvalue weighted by Crippen LogP contribution is 2.36. The minimum Gasteiger partial charge on any atom is -0.493 e. The van der Waals surface area contributed by atoms with Crippen LogP contribution >= 0.6 is 0 Å². The Kier molecular flexibility index (Phi) is 5.25. The highest BCUT2D eigenvalue weighted by atomic mass is 16.5. The summed E-state index contributed by atoms with van der Waals surface area (Å²) in [6.07, 6.45) is 0.925. The monoisotopic (exact) mass is 347 g/mol. The Balaban J connectivity index is 1.99. The fourth-order valence-corrected chi connectivity index (χ4v) is 3.09. The van der Waals surface area contributed by atoms with E-state index < -0.39 is 12.1 Å². The van der Waals surface area contributed by atoms with Crippen molar-refractivity contribution in [2.75, 3.05) is 34.0 Å². The third kappa shape index (κ3) is 3.33. The Labute approximate surface area is 145 Å². The summed E-state index contributed by atoms with van der Waals surface area (Å²) in [5, 5.41) is 9.74. The lowest BCUT2D eigenvalue weighted by Crippen LogP contribution is -2.49. The Bertz CT molecular complexity index is 714. The normalized spacial score (nSPS) is 20.4. The van der Waals surface area contributed by atoms with Crippen LogP contribution in [-0.4, -0.2) is 56.0 Å². The summed E-state index contributed by atoms with van der Waals surface area (Å²) in [7, 11) is 3.11. The van der Waals surface area contributed by atoms with E-state index in [0.717, 1.165) is 5.56 Å². The van der Waals surface area contributed by atoms with E-state index in [2.05, 4.69) is 0 Å². The molecule has 3 rings (SSSR count). The molecule has 0 aliphatic carbocycles. The van der Waals surface area contributed by atoms with Crippen LogP contribution in [0.3, 0.4) is 0 Å². The fourth-order valence-electron chi connectivity index (χ4n) is 3.09. The van der Waals surface area contributed by atoms with Crippen LogP contribution in [-0.2, 0) is 4.74 Å². The second kappa shape index (κ2) is 7.58. The Morgan fingerprint density at radius 3 is 2.72 bits per heavy atom. The van der Waals surface area contributed by atoms with E-state index in [1.807, 2.05) is 6.07 Å². The van der Waals surface area contributed by atoms with Crippen molar-refractivity contribution in [1.82, 2.24) is 4.90 Å². The summed E-state index contributed by atoms with van der Waals surface area (Å²) in [4.78, 5) is 14.5. The first-order chi connectivity index (χ1) is 12.2. The Hall–Kier alpha value is -2.51. The van der Waals surface area contributed by atoms with Crippen LogP contribution in [0.5, 0.6) is 11.5 Å². The summed E-state index contributed by atoms with van der Waals surface area (Å²) in [5.74, 6) is 1.15. The van der Waals surface area contributed by atoms with Gasteiger partial charge in [0.1, 0.15) is 6.10 Å². The number of carbonyl (C=O) groups is 1. The molecule has 2 heterocycles. The quantitative estimate of drug-likeness (QED) is 0.889. The first-order valence-corrected chi connectivity index (χ1v) is 7.98. The molecule has 1 fully saturated rings. The molecule has 0 radical (unpaired) electrons. The molecule has 0 unspecified atom stereocenters. The highest BCUT2D eigenvalue weighted by molar-refractivity contribution is 5.91. The average molecular weight is 347 g/mol. The fraction of sp³-hybridized carbons (Fsp3) is 0.389. The zero-order valence-electron chi connectivity index (χ0n) is 14.2. The van der Waals surface area contributed by atoms with Crippen molar-refractivity contribution < 1.29 is 28.5 Å². The van der Waals surface area contributed by atoms with Crippen molar-refractivity contribution in [3.8, 4) is 11.5 Å². The number of morpholine rings is 1. The van der Waals surface area contributed by atoms with Crippen molar-refractivity contribution >= 4 is 5.91 Å². The van der Waals surface area contributed by atoms with Crippen molar-refractivity contribution in [2.24, 2.45) is 0 Å². The van der Waals surface area contributed by atoms with Gasteiger partial charge in [0.2, 0.25) is 0 Å². The van der Waals surface area contributed by atoms with Crippen molar-refractivity contribution in [1.29, 1.82) is 0 Å². The molecule has 134 valence electrons. The molecule has 0 saturated carbocycles. The molecule has 1 aromatic heterocycles. The molecule has 7 nitrogen and oxygen atoms in total. The number of hydrogen-bond donors (Lipinski definition) is 1. The van der Waals surface area contributed by atoms with Gasteiger partial charge in [0, 0.05) is 6.54 Å². The second-order valence-electron chi connectivity index (χ2n) is 5.63. The zero-order valence-corrected chi connectivity index (χ0v) is 14.2. The van der Waals surface area contributed by atoms with E-state index in [9.17, 15) is 9.90 Å². The number of amides is 1. The van der Waals surface area contributed by atoms with Crippen LogP contribution in [0.2, 0.25) is 0 Å². The van der Waals surface area contributed by atoms with Gasteiger partial charge in [0.05, 0.1) is 39.7 Å². The summed E-state index contributed by atoms with van der Waals surface area (Å²) in [6, 6.07) is 8.23. The highest BCUT2D eigenvalue weighted by Gasteiger charge is 2.37. The molecule has 1 saturated heterocycles. The number of methoxy groups -OCH3 is 2. The number of hydrogen-bond acceptors (Lipinski definition) is 6. The molecule has 2 aromatic rings. The maximum atomic E-state index is 12.8. The second-order valence-corrected chi connectivity index (χ2v) is 5.63. The molecule has 7 heteroatoms. The van der Waals surface area contributed by atoms with Crippen LogP contribution in [0, 0.1) is 0 Å². The van der Waals surface area contributed by atoms with Crippen molar-refractivity contribution in [2.45, 2.75) is 12.1 Å². The van der Waals surface area contributed by atoms with E-state index in [4.69, 9.17) is 18.6 Å². The topological polar surface area (TPSA) is 81.4 Å². The third-order valence-electron chi connectivity index (χ3n) is 4.27. The van der Waals surface area contributed by atoms with Crippen LogP contribution in [0.1, 0.15) is 22.2 Å². The van der Waals surface area contributed by atoms with Gasteiger partial charge in [-0.15, -0.1) is 0 Å². The smallest absolute Gasteiger partial charge is 0.290 e. The van der Waals surface area contributed by atoms with E-state index in [1.165, 1.54) is 6.26 Å². The third-order valence-corrected chi connectivity index (χ3v) is 4.27. The van der Waals surface area contributed by atoms with Gasteiger partial charge in [-0.1, -0.05) is 6.07 Å². The molecule has 1 aliphatic heterocycles. The number of benzene rings is 1. The number of nitrogens with zero attached hydrogens (tertiary/aromatic N) is 1. The Morgan fingerprint density at radius 2 is 2.08 bits per heavy atom. The number of ether oxygens (including phenoxy) is 3. The van der Waals surface area contributed by atoms with Gasteiger partial charge in [-0.05, 0) is 29.8 Å². The maximum Gasteiger partial charge on any atom is 0.290 e. The largest absolute Gasteiger partial charge is 0.493 e. The van der Waals surface area contributed by atoms with Gasteiger partial charge in [0.15, 0.2) is 17.3 Å². The molecule has 0 bridgehead atoms. The van der Waals surface area contributed by atoms with E-state index in [0.29, 0.717) is 24.7 Å². The van der Waals surface area contributed by atoms with Gasteiger partial charge >= 0.3 is 0 Å². The zero-order chi connectivity index (χ0) is 17.8. The van der Waals surface area contributed by atoms with Gasteiger partial charge < -0.3 is 28.6 Å². The molecule has 1 aliphatic rings. The molecule has 1 amide bonds. The number of aliphatic hydroxyl groups is 1. The standard InChI is InChI=1S/C18H21NO6/c1-22-13-6-5-12(10-15(13)23-2)17-16(11-20)25-9-7-19(17)18(21)14-4-3-8-24-14/h3-6,8,10,16-17,20H,7,9,11H2,1-2H3/t16-,17-/m1/s1. The van der Waals surface area contributed by atoms with Gasteiger partial charge in [-0.3, -0.25) is 4.79 Å². The molecular weight excluding hydrogens is 326 g/mol. The lowest BCUT2D eigenvalue weighted by molar-refractivity contribution is -0.0817. The number of aliphatic hydroxyl groups excluding tert-OH is 1. The van der Waals surface area contributed by atoms with E-state index in [1.54, 1.807) is 43.4 Å². The minimum atomic E-state index is -0.536. The Morgan fingerprint density at radius 1 is 1.28 bits per heavy atom. The maximum absolute atomic E-state index is 12.8. The molecule has 25 heavy (non-hydrogen) atoms. The molecule has 1 N–H and O–H groups in total. The SMILES string of the molecule is COc1ccc([C@@H]2[C@@H](CO)OCCN2C(=O)c2ccco2)cc1OC. The molecule has 2 atom stereocenters. The van der Waals surface area contributed by atoms with Crippen LogP contribution in [0.4, 0.5) is 0 Å². The van der Waals surface area contributed by atoms with Crippen LogP contribution in [0.15, 0.2) is 41.0 Å². The molecule has 0 spiro atoms. The van der Waals surface area contributed by atoms with Crippen LogP contribution < -0.4 is 9.47 Å². The minimum absolute atomic E-state index is 0.207. The van der Waals surface area contributed by atoms with Gasteiger partial charge in [-0.25, -0.2) is 0 Å². The molecule has 1 aromatic carbocycles. The lowest BCUT2D eigenvalue weighted by atomic mass is 9.97. The first kappa shape index (κ1) is 17.3. The van der Waals surface area contributed by atoms with Gasteiger partial charge in [0.25, 0.3) is 5.91 Å². The number of furan rings is 1. The van der Waals surface area contributed by atoms with E-state index in [-0.39, 0.29) is 18.3 Å². The predicted octanol–water partition coefficient (Wildman–Crippen LogP) is 1.87.